The highest BCUT2D eigenvalue weighted by Crippen LogP contribution is 2.07. The molecule has 0 saturated heterocycles. The number of carbonyl (C=O) groups is 2. The molecule has 0 bridgehead atoms. The van der Waals surface area contributed by atoms with Gasteiger partial charge in [-0.05, 0) is 13.5 Å². The predicted octanol–water partition coefficient (Wildman–Crippen LogP) is 0.293. The summed E-state index contributed by atoms with van der Waals surface area (Å²) in [4.78, 5) is 23.4. The third kappa shape index (κ3) is 5.37. The molecule has 2 atom stereocenters. The third-order valence-electron chi connectivity index (χ3n) is 2.49. The Bertz CT molecular complexity index is 231. The maximum Gasteiger partial charge on any atom is 0.304 e. The number of carboxylic acid groups (broad SMARTS) is 1. The maximum atomic E-state index is 10.9. The first-order valence-corrected chi connectivity index (χ1v) is 5.13. The van der Waals surface area contributed by atoms with Crippen LogP contribution in [0.25, 0.3) is 0 Å². The molecule has 0 aliphatic heterocycles. The van der Waals surface area contributed by atoms with E-state index in [4.69, 9.17) is 10.8 Å². The number of nitrogens with zero attached hydrogens (tertiary/aromatic N) is 1. The zero-order valence-electron chi connectivity index (χ0n) is 9.56. The Kier molecular flexibility index (Phi) is 5.93. The van der Waals surface area contributed by atoms with Crippen LogP contribution < -0.4 is 5.73 Å². The first-order valence-electron chi connectivity index (χ1n) is 5.13. The topological polar surface area (TPSA) is 83.6 Å². The zero-order chi connectivity index (χ0) is 12.0. The average Bonchev–Trinajstić information content (AvgIpc) is 2.11. The van der Waals surface area contributed by atoms with E-state index in [0.29, 0.717) is 13.1 Å². The minimum absolute atomic E-state index is 0.0747. The maximum absolute atomic E-state index is 10.9. The molecule has 0 aromatic carbocycles. The molecule has 0 rings (SSSR count). The van der Waals surface area contributed by atoms with E-state index in [1.165, 1.54) is 0 Å². The van der Waals surface area contributed by atoms with E-state index in [1.54, 1.807) is 6.92 Å². The number of carbonyl (C=O) groups excluding carboxylic acids is 1. The molecule has 0 fully saturated rings. The summed E-state index contributed by atoms with van der Waals surface area (Å²) >= 11 is 0. The van der Waals surface area contributed by atoms with E-state index >= 15 is 0 Å². The average molecular weight is 216 g/mol. The Morgan fingerprint density at radius 1 is 1.40 bits per heavy atom. The molecule has 0 heterocycles. The van der Waals surface area contributed by atoms with Crippen molar-refractivity contribution in [2.24, 2.45) is 11.7 Å². The van der Waals surface area contributed by atoms with Crippen molar-refractivity contribution in [1.82, 2.24) is 4.90 Å². The van der Waals surface area contributed by atoms with E-state index in [1.807, 2.05) is 18.7 Å². The molecule has 0 saturated carbocycles. The standard InChI is InChI=1S/C10H20N2O3/c1-4-12(6-7(2)10(11)15)8(3)5-9(13)14/h7-8H,4-6H2,1-3H3,(H2,11,15)(H,13,14). The minimum atomic E-state index is -0.826. The van der Waals surface area contributed by atoms with Crippen molar-refractivity contribution in [3.8, 4) is 0 Å². The molecule has 0 aromatic heterocycles. The lowest BCUT2D eigenvalue weighted by atomic mass is 10.1. The van der Waals surface area contributed by atoms with Crippen LogP contribution in [0.5, 0.6) is 0 Å². The number of amides is 1. The number of aliphatic carboxylic acids is 1. The largest absolute Gasteiger partial charge is 0.481 e. The van der Waals surface area contributed by atoms with E-state index < -0.39 is 5.97 Å². The number of carboxylic acids is 1. The van der Waals surface area contributed by atoms with Crippen molar-refractivity contribution >= 4 is 11.9 Å². The second-order valence-electron chi connectivity index (χ2n) is 3.84. The van der Waals surface area contributed by atoms with Gasteiger partial charge in [-0.15, -0.1) is 0 Å². The summed E-state index contributed by atoms with van der Waals surface area (Å²) < 4.78 is 0. The number of hydrogen-bond donors (Lipinski definition) is 2. The monoisotopic (exact) mass is 216 g/mol. The molecule has 0 spiro atoms. The van der Waals surface area contributed by atoms with Gasteiger partial charge in [0, 0.05) is 18.5 Å². The van der Waals surface area contributed by atoms with Gasteiger partial charge in [-0.2, -0.15) is 0 Å². The summed E-state index contributed by atoms with van der Waals surface area (Å²) in [6.07, 6.45) is 0.0827. The molecule has 88 valence electrons. The van der Waals surface area contributed by atoms with Crippen LogP contribution in [0.15, 0.2) is 0 Å². The molecule has 0 aromatic rings. The summed E-state index contributed by atoms with van der Waals surface area (Å²) in [6, 6.07) is -0.0747. The fraction of sp³-hybridized carbons (Fsp3) is 0.800. The van der Waals surface area contributed by atoms with Crippen molar-refractivity contribution in [2.75, 3.05) is 13.1 Å². The Morgan fingerprint density at radius 2 is 1.93 bits per heavy atom. The van der Waals surface area contributed by atoms with Crippen molar-refractivity contribution in [1.29, 1.82) is 0 Å². The molecule has 5 heteroatoms. The van der Waals surface area contributed by atoms with Gasteiger partial charge in [0.05, 0.1) is 6.42 Å². The van der Waals surface area contributed by atoms with Gasteiger partial charge in [0.2, 0.25) is 5.91 Å². The van der Waals surface area contributed by atoms with Crippen LogP contribution >= 0.6 is 0 Å². The summed E-state index contributed by atoms with van der Waals surface area (Å²) in [6.45, 7) is 6.75. The third-order valence-corrected chi connectivity index (χ3v) is 2.49. The van der Waals surface area contributed by atoms with E-state index in [2.05, 4.69) is 0 Å². The molecule has 1 amide bonds. The van der Waals surface area contributed by atoms with Crippen LogP contribution in [-0.4, -0.2) is 41.0 Å². The van der Waals surface area contributed by atoms with Crippen molar-refractivity contribution in [2.45, 2.75) is 33.2 Å². The van der Waals surface area contributed by atoms with E-state index in [0.717, 1.165) is 0 Å². The lowest BCUT2D eigenvalue weighted by molar-refractivity contribution is -0.138. The summed E-state index contributed by atoms with van der Waals surface area (Å²) in [5.74, 6) is -1.43. The number of hydrogen-bond acceptors (Lipinski definition) is 3. The van der Waals surface area contributed by atoms with Crippen LogP contribution in [0.4, 0.5) is 0 Å². The van der Waals surface area contributed by atoms with Crippen molar-refractivity contribution in [3.05, 3.63) is 0 Å². The Balaban J connectivity index is 4.23. The molecule has 0 radical (unpaired) electrons. The zero-order valence-corrected chi connectivity index (χ0v) is 9.56. The minimum Gasteiger partial charge on any atom is -0.481 e. The highest BCUT2D eigenvalue weighted by atomic mass is 16.4. The fourth-order valence-electron chi connectivity index (χ4n) is 1.44. The predicted molar refractivity (Wildman–Crippen MR) is 57.3 cm³/mol. The van der Waals surface area contributed by atoms with Crippen molar-refractivity contribution < 1.29 is 14.7 Å². The molecular formula is C10H20N2O3. The van der Waals surface area contributed by atoms with Gasteiger partial charge in [-0.25, -0.2) is 0 Å². The lowest BCUT2D eigenvalue weighted by Crippen LogP contribution is -2.40. The Hall–Kier alpha value is -1.10. The smallest absolute Gasteiger partial charge is 0.304 e. The van der Waals surface area contributed by atoms with Crippen LogP contribution in [-0.2, 0) is 9.59 Å². The Morgan fingerprint density at radius 3 is 2.27 bits per heavy atom. The van der Waals surface area contributed by atoms with Gasteiger partial charge >= 0.3 is 5.97 Å². The molecule has 5 nitrogen and oxygen atoms in total. The normalized spacial score (nSPS) is 14.9. The van der Waals surface area contributed by atoms with Gasteiger partial charge in [0.25, 0.3) is 0 Å². The lowest BCUT2D eigenvalue weighted by Gasteiger charge is -2.28. The van der Waals surface area contributed by atoms with Gasteiger partial charge in [0.15, 0.2) is 0 Å². The van der Waals surface area contributed by atoms with Crippen LogP contribution in [0.1, 0.15) is 27.2 Å². The molecule has 3 N–H and O–H groups in total. The molecular weight excluding hydrogens is 196 g/mol. The van der Waals surface area contributed by atoms with Gasteiger partial charge < -0.3 is 10.8 Å². The summed E-state index contributed by atoms with van der Waals surface area (Å²) in [5.41, 5.74) is 5.16. The van der Waals surface area contributed by atoms with Crippen molar-refractivity contribution in [3.63, 3.8) is 0 Å². The summed E-state index contributed by atoms with van der Waals surface area (Å²) in [5, 5.41) is 8.65. The number of primary amides is 1. The van der Waals surface area contributed by atoms with Gasteiger partial charge in [0.1, 0.15) is 0 Å². The first kappa shape index (κ1) is 13.9. The summed E-state index contributed by atoms with van der Waals surface area (Å²) in [7, 11) is 0. The van der Waals surface area contributed by atoms with Crippen LogP contribution in [0.2, 0.25) is 0 Å². The Labute approximate surface area is 90.2 Å². The molecule has 2 unspecified atom stereocenters. The highest BCUT2D eigenvalue weighted by Gasteiger charge is 2.19. The quantitative estimate of drug-likeness (QED) is 0.640. The van der Waals surface area contributed by atoms with Crippen LogP contribution in [0.3, 0.4) is 0 Å². The number of rotatable bonds is 7. The SMILES string of the molecule is CCN(CC(C)C(N)=O)C(C)CC(=O)O. The van der Waals surface area contributed by atoms with Crippen LogP contribution in [0, 0.1) is 5.92 Å². The van der Waals surface area contributed by atoms with Gasteiger partial charge in [-0.3, -0.25) is 14.5 Å². The fourth-order valence-corrected chi connectivity index (χ4v) is 1.44. The second-order valence-corrected chi connectivity index (χ2v) is 3.84. The van der Waals surface area contributed by atoms with E-state index in [9.17, 15) is 9.59 Å². The molecule has 15 heavy (non-hydrogen) atoms. The first-order chi connectivity index (χ1) is 6.88. The van der Waals surface area contributed by atoms with E-state index in [-0.39, 0.29) is 24.3 Å². The molecule has 0 aliphatic carbocycles. The van der Waals surface area contributed by atoms with Gasteiger partial charge in [-0.1, -0.05) is 13.8 Å². The second kappa shape index (κ2) is 6.40. The highest BCUT2D eigenvalue weighted by molar-refractivity contribution is 5.76. The number of nitrogens with two attached hydrogens (primary N) is 1. The molecule has 0 aliphatic rings.